The molecule has 0 amide bonds. The lowest BCUT2D eigenvalue weighted by Gasteiger charge is -2.28. The molecule has 118 valence electrons. The molecular weight excluding hydrogens is 276 g/mol. The van der Waals surface area contributed by atoms with Gasteiger partial charge in [0.15, 0.2) is 5.96 Å². The van der Waals surface area contributed by atoms with Crippen molar-refractivity contribution >= 4 is 11.6 Å². The monoisotopic (exact) mass is 300 g/mol. The van der Waals surface area contributed by atoms with E-state index in [1.54, 1.807) is 0 Å². The van der Waals surface area contributed by atoms with Crippen molar-refractivity contribution in [3.8, 4) is 12.3 Å². The summed E-state index contributed by atoms with van der Waals surface area (Å²) in [5.41, 5.74) is 2.42. The number of terminal acetylenes is 1. The summed E-state index contributed by atoms with van der Waals surface area (Å²) in [6.45, 7) is 7.47. The lowest BCUT2D eigenvalue weighted by atomic mass is 10.2. The number of nitrogens with one attached hydrogen (secondary N) is 2. The van der Waals surface area contributed by atoms with Crippen LogP contribution in [-0.2, 0) is 11.3 Å². The second-order valence-corrected chi connectivity index (χ2v) is 5.02. The zero-order chi connectivity index (χ0) is 15.6. The standard InChI is InChI=1S/C17H24N4O/c1-3-9-19-17(18-4-2)20-14-15-5-7-16(8-6-15)21-10-12-22-13-11-21/h1,5-8H,4,9-14H2,2H3,(H2,18,19,20). The molecule has 0 aromatic heterocycles. The minimum atomic E-state index is 0.474. The Balaban J connectivity index is 1.93. The van der Waals surface area contributed by atoms with E-state index in [4.69, 9.17) is 11.2 Å². The molecule has 1 fully saturated rings. The molecule has 0 aliphatic carbocycles. The first-order chi connectivity index (χ1) is 10.8. The summed E-state index contributed by atoms with van der Waals surface area (Å²) in [4.78, 5) is 6.87. The van der Waals surface area contributed by atoms with Crippen molar-refractivity contribution in [3.05, 3.63) is 29.8 Å². The van der Waals surface area contributed by atoms with Gasteiger partial charge in [-0.3, -0.25) is 0 Å². The first-order valence-corrected chi connectivity index (χ1v) is 7.70. The smallest absolute Gasteiger partial charge is 0.192 e. The van der Waals surface area contributed by atoms with E-state index < -0.39 is 0 Å². The predicted octanol–water partition coefficient (Wildman–Crippen LogP) is 1.21. The molecule has 2 rings (SSSR count). The molecule has 5 heteroatoms. The molecule has 1 aliphatic heterocycles. The van der Waals surface area contributed by atoms with Gasteiger partial charge in [0.1, 0.15) is 0 Å². The number of hydrogen-bond acceptors (Lipinski definition) is 3. The second-order valence-electron chi connectivity index (χ2n) is 5.02. The quantitative estimate of drug-likeness (QED) is 0.487. The summed E-state index contributed by atoms with van der Waals surface area (Å²) >= 11 is 0. The van der Waals surface area contributed by atoms with Crippen LogP contribution in [0, 0.1) is 12.3 Å². The molecule has 1 aromatic carbocycles. The van der Waals surface area contributed by atoms with E-state index in [9.17, 15) is 0 Å². The summed E-state index contributed by atoms with van der Waals surface area (Å²) in [7, 11) is 0. The lowest BCUT2D eigenvalue weighted by Crippen LogP contribution is -2.37. The molecule has 0 bridgehead atoms. The third-order valence-electron chi connectivity index (χ3n) is 3.43. The van der Waals surface area contributed by atoms with Gasteiger partial charge in [0, 0.05) is 25.3 Å². The topological polar surface area (TPSA) is 48.9 Å². The predicted molar refractivity (Wildman–Crippen MR) is 91.1 cm³/mol. The maximum absolute atomic E-state index is 5.38. The van der Waals surface area contributed by atoms with Crippen LogP contribution in [0.4, 0.5) is 5.69 Å². The molecule has 1 saturated heterocycles. The van der Waals surface area contributed by atoms with Gasteiger partial charge in [-0.2, -0.15) is 0 Å². The van der Waals surface area contributed by atoms with Crippen LogP contribution in [0.5, 0.6) is 0 Å². The highest BCUT2D eigenvalue weighted by Crippen LogP contribution is 2.16. The van der Waals surface area contributed by atoms with E-state index in [0.29, 0.717) is 13.1 Å². The SMILES string of the molecule is C#CCNC(=NCc1ccc(N2CCOCC2)cc1)NCC. The average molecular weight is 300 g/mol. The highest BCUT2D eigenvalue weighted by Gasteiger charge is 2.10. The fourth-order valence-electron chi connectivity index (χ4n) is 2.28. The molecule has 0 saturated carbocycles. The normalized spacial score (nSPS) is 15.3. The summed E-state index contributed by atoms with van der Waals surface area (Å²) in [5.74, 6) is 3.30. The zero-order valence-corrected chi connectivity index (χ0v) is 13.1. The Morgan fingerprint density at radius 1 is 1.27 bits per heavy atom. The number of anilines is 1. The van der Waals surface area contributed by atoms with Crippen LogP contribution in [0.3, 0.4) is 0 Å². The fourth-order valence-corrected chi connectivity index (χ4v) is 2.28. The molecule has 5 nitrogen and oxygen atoms in total. The Kier molecular flexibility index (Phi) is 6.59. The number of aliphatic imine (C=N–C) groups is 1. The molecule has 1 aliphatic rings. The number of hydrogen-bond donors (Lipinski definition) is 2. The van der Waals surface area contributed by atoms with Crippen molar-refractivity contribution in [2.75, 3.05) is 44.3 Å². The first kappa shape index (κ1) is 16.2. The number of morpholine rings is 1. The summed E-state index contributed by atoms with van der Waals surface area (Å²) in [6.07, 6.45) is 5.26. The van der Waals surface area contributed by atoms with E-state index in [1.807, 2.05) is 6.92 Å². The largest absolute Gasteiger partial charge is 0.378 e. The van der Waals surface area contributed by atoms with Gasteiger partial charge >= 0.3 is 0 Å². The number of rotatable bonds is 5. The Hall–Kier alpha value is -2.19. The Labute approximate surface area is 132 Å². The van der Waals surface area contributed by atoms with Gasteiger partial charge in [0.25, 0.3) is 0 Å². The van der Waals surface area contributed by atoms with Crippen LogP contribution in [0.2, 0.25) is 0 Å². The highest BCUT2D eigenvalue weighted by atomic mass is 16.5. The number of nitrogens with zero attached hydrogens (tertiary/aromatic N) is 2. The maximum Gasteiger partial charge on any atom is 0.192 e. The first-order valence-electron chi connectivity index (χ1n) is 7.70. The van der Waals surface area contributed by atoms with Crippen LogP contribution in [0.1, 0.15) is 12.5 Å². The van der Waals surface area contributed by atoms with Gasteiger partial charge in [-0.15, -0.1) is 6.42 Å². The molecule has 0 spiro atoms. The maximum atomic E-state index is 5.38. The Morgan fingerprint density at radius 2 is 2.00 bits per heavy atom. The van der Waals surface area contributed by atoms with Crippen molar-refractivity contribution in [2.45, 2.75) is 13.5 Å². The third-order valence-corrected chi connectivity index (χ3v) is 3.43. The molecular formula is C17H24N4O. The van der Waals surface area contributed by atoms with Crippen LogP contribution in [-0.4, -0.2) is 45.4 Å². The minimum Gasteiger partial charge on any atom is -0.378 e. The fraction of sp³-hybridized carbons (Fsp3) is 0.471. The van der Waals surface area contributed by atoms with Crippen molar-refractivity contribution in [1.29, 1.82) is 0 Å². The van der Waals surface area contributed by atoms with Crippen LogP contribution in [0.15, 0.2) is 29.3 Å². The molecule has 1 aromatic rings. The van der Waals surface area contributed by atoms with E-state index in [-0.39, 0.29) is 0 Å². The number of guanidine groups is 1. The summed E-state index contributed by atoms with van der Waals surface area (Å²) in [6, 6.07) is 8.55. The lowest BCUT2D eigenvalue weighted by molar-refractivity contribution is 0.122. The molecule has 2 N–H and O–H groups in total. The second kappa shape index (κ2) is 8.96. The molecule has 0 atom stereocenters. The van der Waals surface area contributed by atoms with Gasteiger partial charge in [-0.1, -0.05) is 18.1 Å². The average Bonchev–Trinajstić information content (AvgIpc) is 2.58. The minimum absolute atomic E-state index is 0.474. The van der Waals surface area contributed by atoms with Crippen molar-refractivity contribution in [2.24, 2.45) is 4.99 Å². The van der Waals surface area contributed by atoms with E-state index in [0.717, 1.165) is 38.8 Å². The summed E-state index contributed by atoms with van der Waals surface area (Å²) in [5, 5.41) is 6.26. The van der Waals surface area contributed by atoms with E-state index in [1.165, 1.54) is 11.3 Å². The van der Waals surface area contributed by atoms with Gasteiger partial charge in [-0.05, 0) is 24.6 Å². The highest BCUT2D eigenvalue weighted by molar-refractivity contribution is 5.79. The Bertz CT molecular complexity index is 512. The molecule has 0 unspecified atom stereocenters. The van der Waals surface area contributed by atoms with Crippen LogP contribution in [0.25, 0.3) is 0 Å². The van der Waals surface area contributed by atoms with Crippen LogP contribution < -0.4 is 15.5 Å². The van der Waals surface area contributed by atoms with Crippen LogP contribution >= 0.6 is 0 Å². The van der Waals surface area contributed by atoms with E-state index >= 15 is 0 Å². The number of ether oxygens (including phenoxy) is 1. The van der Waals surface area contributed by atoms with Gasteiger partial charge in [0.05, 0.1) is 26.3 Å². The van der Waals surface area contributed by atoms with Crippen molar-refractivity contribution < 1.29 is 4.74 Å². The third kappa shape index (κ3) is 4.97. The summed E-state index contributed by atoms with van der Waals surface area (Å²) < 4.78 is 5.38. The van der Waals surface area contributed by atoms with Gasteiger partial charge in [-0.25, -0.2) is 4.99 Å². The van der Waals surface area contributed by atoms with E-state index in [2.05, 4.69) is 50.7 Å². The van der Waals surface area contributed by atoms with Crippen molar-refractivity contribution in [3.63, 3.8) is 0 Å². The van der Waals surface area contributed by atoms with Gasteiger partial charge < -0.3 is 20.3 Å². The number of benzene rings is 1. The molecule has 0 radical (unpaired) electrons. The van der Waals surface area contributed by atoms with Crippen molar-refractivity contribution in [1.82, 2.24) is 10.6 Å². The molecule has 1 heterocycles. The Morgan fingerprint density at radius 3 is 2.64 bits per heavy atom. The van der Waals surface area contributed by atoms with Gasteiger partial charge in [0.2, 0.25) is 0 Å². The zero-order valence-electron chi connectivity index (χ0n) is 13.1. The molecule has 22 heavy (non-hydrogen) atoms.